The van der Waals surface area contributed by atoms with Gasteiger partial charge in [-0.15, -0.1) is 0 Å². The molecule has 13 heteroatoms. The van der Waals surface area contributed by atoms with Crippen LogP contribution in [-0.2, 0) is 14.8 Å². The number of methoxy groups -OCH3 is 1. The first-order chi connectivity index (χ1) is 21.9. The second kappa shape index (κ2) is 12.3. The highest BCUT2D eigenvalue weighted by Gasteiger charge is 2.27. The van der Waals surface area contributed by atoms with Gasteiger partial charge in [-0.3, -0.25) is 4.72 Å². The number of halogens is 1. The molecule has 11 nitrogen and oxygen atoms in total. The SMILES string of the molecule is COc1ncc(-c2ccc3ncnc(N4CCN(C(=O)OC(C)(C)C)CC4)c3c2)cc1NS(=O)(=O)c1cccc2cccc(Cl)c12. The van der Waals surface area contributed by atoms with E-state index in [-0.39, 0.29) is 22.6 Å². The molecule has 1 amide bonds. The number of benzene rings is 3. The lowest BCUT2D eigenvalue weighted by Gasteiger charge is -2.36. The van der Waals surface area contributed by atoms with Crippen LogP contribution in [0.2, 0.25) is 5.02 Å². The average molecular weight is 661 g/mol. The van der Waals surface area contributed by atoms with Crippen molar-refractivity contribution < 1.29 is 22.7 Å². The Morgan fingerprint density at radius 2 is 1.67 bits per heavy atom. The van der Waals surface area contributed by atoms with Gasteiger partial charge in [-0.05, 0) is 62.1 Å². The number of amides is 1. The van der Waals surface area contributed by atoms with Crippen molar-refractivity contribution >= 4 is 60.9 Å². The molecule has 1 saturated heterocycles. The van der Waals surface area contributed by atoms with Crippen LogP contribution in [0.1, 0.15) is 20.8 Å². The van der Waals surface area contributed by atoms with Gasteiger partial charge in [0.25, 0.3) is 10.0 Å². The van der Waals surface area contributed by atoms with Crippen molar-refractivity contribution in [2.24, 2.45) is 0 Å². The number of rotatable bonds is 6. The third kappa shape index (κ3) is 6.35. The van der Waals surface area contributed by atoms with E-state index in [1.807, 2.05) is 51.1 Å². The lowest BCUT2D eigenvalue weighted by Crippen LogP contribution is -2.50. The number of aromatic nitrogens is 3. The van der Waals surface area contributed by atoms with Crippen LogP contribution in [0, 0.1) is 0 Å². The van der Waals surface area contributed by atoms with E-state index in [0.29, 0.717) is 47.5 Å². The molecule has 238 valence electrons. The Hall–Kier alpha value is -4.68. The van der Waals surface area contributed by atoms with E-state index in [9.17, 15) is 13.2 Å². The smallest absolute Gasteiger partial charge is 0.410 e. The third-order valence-electron chi connectivity index (χ3n) is 7.57. The zero-order chi connectivity index (χ0) is 32.6. The van der Waals surface area contributed by atoms with Crippen LogP contribution in [0.25, 0.3) is 32.8 Å². The van der Waals surface area contributed by atoms with E-state index in [4.69, 9.17) is 21.1 Å². The van der Waals surface area contributed by atoms with Gasteiger partial charge >= 0.3 is 6.09 Å². The summed E-state index contributed by atoms with van der Waals surface area (Å²) in [6.45, 7) is 7.69. The summed E-state index contributed by atoms with van der Waals surface area (Å²) in [5.41, 5.74) is 1.79. The van der Waals surface area contributed by atoms with Crippen molar-refractivity contribution in [3.63, 3.8) is 0 Å². The fourth-order valence-electron chi connectivity index (χ4n) is 5.43. The van der Waals surface area contributed by atoms with Gasteiger partial charge in [-0.1, -0.05) is 41.9 Å². The number of nitrogens with zero attached hydrogens (tertiary/aromatic N) is 5. The molecule has 46 heavy (non-hydrogen) atoms. The quantitative estimate of drug-likeness (QED) is 0.221. The fourth-order valence-corrected chi connectivity index (χ4v) is 7.07. The van der Waals surface area contributed by atoms with Crippen LogP contribution >= 0.6 is 11.6 Å². The van der Waals surface area contributed by atoms with E-state index in [2.05, 4.69) is 24.6 Å². The molecule has 0 radical (unpaired) electrons. The summed E-state index contributed by atoms with van der Waals surface area (Å²) >= 11 is 6.43. The number of hydrogen-bond acceptors (Lipinski definition) is 9. The van der Waals surface area contributed by atoms with Crippen molar-refractivity contribution in [1.82, 2.24) is 19.9 Å². The molecule has 0 spiro atoms. The first kappa shape index (κ1) is 31.3. The van der Waals surface area contributed by atoms with Crippen LogP contribution in [0.15, 0.2) is 78.1 Å². The largest absolute Gasteiger partial charge is 0.480 e. The van der Waals surface area contributed by atoms with Crippen LogP contribution in [0.4, 0.5) is 16.3 Å². The molecular weight excluding hydrogens is 628 g/mol. The molecule has 1 N–H and O–H groups in total. The topological polar surface area (TPSA) is 127 Å². The lowest BCUT2D eigenvalue weighted by molar-refractivity contribution is 0.0240. The summed E-state index contributed by atoms with van der Waals surface area (Å²) in [7, 11) is -2.66. The molecule has 0 bridgehead atoms. The average Bonchev–Trinajstić information content (AvgIpc) is 3.03. The highest BCUT2D eigenvalue weighted by Crippen LogP contribution is 2.35. The summed E-state index contributed by atoms with van der Waals surface area (Å²) < 4.78 is 41.0. The Labute approximate surface area is 272 Å². The number of piperazine rings is 1. The first-order valence-electron chi connectivity index (χ1n) is 14.7. The monoisotopic (exact) mass is 660 g/mol. The van der Waals surface area contributed by atoms with Crippen molar-refractivity contribution in [3.05, 3.63) is 78.2 Å². The third-order valence-corrected chi connectivity index (χ3v) is 9.30. The van der Waals surface area contributed by atoms with E-state index in [1.165, 1.54) is 19.5 Å². The number of nitrogens with one attached hydrogen (secondary N) is 1. The first-order valence-corrected chi connectivity index (χ1v) is 16.5. The predicted molar refractivity (Wildman–Crippen MR) is 179 cm³/mol. The summed E-state index contributed by atoms with van der Waals surface area (Å²) in [4.78, 5) is 29.9. The molecule has 0 aliphatic carbocycles. The van der Waals surface area contributed by atoms with Crippen molar-refractivity contribution in [1.29, 1.82) is 0 Å². The molecule has 1 aliphatic rings. The number of carbonyl (C=O) groups is 1. The maximum atomic E-state index is 13.7. The van der Waals surface area contributed by atoms with E-state index in [0.717, 1.165) is 22.3 Å². The standard InChI is InChI=1S/C33H33ClN6O5S/c1-33(2,3)45-32(41)40-15-13-39(14-16-40)30-24-17-22(11-12-26(24)36-20-37-30)23-18-27(31(44-4)35-19-23)38-46(42,43)28-10-6-8-21-7-5-9-25(34)29(21)28/h5-12,17-20,38H,13-16H2,1-4H3. The molecule has 3 aromatic carbocycles. The highest BCUT2D eigenvalue weighted by atomic mass is 35.5. The van der Waals surface area contributed by atoms with E-state index in [1.54, 1.807) is 35.4 Å². The molecule has 5 aromatic rings. The Bertz CT molecular complexity index is 2050. The van der Waals surface area contributed by atoms with Gasteiger partial charge in [0.1, 0.15) is 23.4 Å². The molecule has 1 aliphatic heterocycles. The number of sulfonamides is 1. The van der Waals surface area contributed by atoms with Gasteiger partial charge in [-0.25, -0.2) is 28.2 Å². The highest BCUT2D eigenvalue weighted by molar-refractivity contribution is 7.93. The normalized spacial score (nSPS) is 14.0. The van der Waals surface area contributed by atoms with Gasteiger partial charge < -0.3 is 19.3 Å². The summed E-state index contributed by atoms with van der Waals surface area (Å²) in [6.07, 6.45) is 2.82. The van der Waals surface area contributed by atoms with Crippen LogP contribution in [0.5, 0.6) is 5.88 Å². The van der Waals surface area contributed by atoms with E-state index < -0.39 is 15.6 Å². The van der Waals surface area contributed by atoms with Crippen LogP contribution in [-0.4, -0.2) is 73.3 Å². The zero-order valence-electron chi connectivity index (χ0n) is 25.8. The Balaban J connectivity index is 1.30. The number of anilines is 2. The maximum absolute atomic E-state index is 13.7. The maximum Gasteiger partial charge on any atom is 0.410 e. The van der Waals surface area contributed by atoms with Gasteiger partial charge in [0, 0.05) is 53.7 Å². The summed E-state index contributed by atoms with van der Waals surface area (Å²) in [6, 6.07) is 17.6. The minimum absolute atomic E-state index is 0.0438. The van der Waals surface area contributed by atoms with Crippen LogP contribution in [0.3, 0.4) is 0 Å². The molecule has 6 rings (SSSR count). The molecule has 2 aromatic heterocycles. The van der Waals surface area contributed by atoms with Gasteiger partial charge in [0.05, 0.1) is 17.5 Å². The lowest BCUT2D eigenvalue weighted by atomic mass is 10.0. The summed E-state index contributed by atoms with van der Waals surface area (Å²) in [5, 5.41) is 2.28. The van der Waals surface area contributed by atoms with E-state index >= 15 is 0 Å². The fraction of sp³-hybridized carbons (Fsp3) is 0.273. The minimum Gasteiger partial charge on any atom is -0.480 e. The summed E-state index contributed by atoms with van der Waals surface area (Å²) in [5.74, 6) is 0.859. The minimum atomic E-state index is -4.09. The molecular formula is C33H33ClN6O5S. The van der Waals surface area contributed by atoms with Crippen LogP contribution < -0.4 is 14.4 Å². The van der Waals surface area contributed by atoms with Gasteiger partial charge in [0.15, 0.2) is 0 Å². The number of fused-ring (bicyclic) bond motifs is 2. The van der Waals surface area contributed by atoms with Gasteiger partial charge in [-0.2, -0.15) is 0 Å². The number of ether oxygens (including phenoxy) is 2. The molecule has 0 unspecified atom stereocenters. The number of pyridine rings is 1. The molecule has 0 atom stereocenters. The second-order valence-corrected chi connectivity index (χ2v) is 13.9. The van der Waals surface area contributed by atoms with Gasteiger partial charge in [0.2, 0.25) is 5.88 Å². The molecule has 3 heterocycles. The number of carbonyl (C=O) groups excluding carboxylic acids is 1. The second-order valence-electron chi connectivity index (χ2n) is 11.9. The van der Waals surface area contributed by atoms with Crippen molar-refractivity contribution in [2.45, 2.75) is 31.3 Å². The zero-order valence-corrected chi connectivity index (χ0v) is 27.4. The molecule has 1 fully saturated rings. The Morgan fingerprint density at radius 3 is 2.39 bits per heavy atom. The van der Waals surface area contributed by atoms with Crippen molar-refractivity contribution in [3.8, 4) is 17.0 Å². The molecule has 0 saturated carbocycles. The van der Waals surface area contributed by atoms with Crippen molar-refractivity contribution in [2.75, 3.05) is 42.9 Å². The Kier molecular flexibility index (Phi) is 8.34. The predicted octanol–water partition coefficient (Wildman–Crippen LogP) is 6.36. The number of hydrogen-bond donors (Lipinski definition) is 1. The Morgan fingerprint density at radius 1 is 0.935 bits per heavy atom.